The first kappa shape index (κ1) is 24.0. The molecule has 1 aromatic heterocycles. The molecule has 33 heavy (non-hydrogen) atoms. The molecule has 1 amide bonds. The molecular formula is C24H27FN4O4. The zero-order valence-corrected chi connectivity index (χ0v) is 19.1. The van der Waals surface area contributed by atoms with Gasteiger partial charge in [-0.2, -0.15) is 5.26 Å². The number of hydrogen-bond acceptors (Lipinski definition) is 7. The molecule has 2 heterocycles. The van der Waals surface area contributed by atoms with Crippen LogP contribution in [0.4, 0.5) is 15.0 Å². The van der Waals surface area contributed by atoms with Crippen LogP contribution in [-0.4, -0.2) is 49.2 Å². The molecule has 1 aliphatic heterocycles. The summed E-state index contributed by atoms with van der Waals surface area (Å²) in [6, 6.07) is 7.52. The molecule has 0 spiro atoms. The van der Waals surface area contributed by atoms with Gasteiger partial charge in [0.05, 0.1) is 23.9 Å². The van der Waals surface area contributed by atoms with Crippen molar-refractivity contribution in [3.8, 4) is 23.1 Å². The number of carbonyl (C=O) groups is 2. The minimum atomic E-state index is -0.688. The molecule has 1 saturated heterocycles. The number of nitrogens with zero attached hydrogens (tertiary/aromatic N) is 3. The molecule has 0 bridgehead atoms. The molecule has 3 rings (SSSR count). The Balaban J connectivity index is 1.83. The largest absolute Gasteiger partial charge is 0.496 e. The van der Waals surface area contributed by atoms with E-state index in [0.29, 0.717) is 49.3 Å². The van der Waals surface area contributed by atoms with Crippen molar-refractivity contribution < 1.29 is 23.5 Å². The van der Waals surface area contributed by atoms with Gasteiger partial charge < -0.3 is 19.7 Å². The van der Waals surface area contributed by atoms with E-state index < -0.39 is 17.5 Å². The van der Waals surface area contributed by atoms with Gasteiger partial charge in [-0.15, -0.1) is 0 Å². The van der Waals surface area contributed by atoms with Crippen molar-refractivity contribution in [1.29, 1.82) is 5.26 Å². The van der Waals surface area contributed by atoms with Gasteiger partial charge in [0.2, 0.25) is 0 Å². The predicted molar refractivity (Wildman–Crippen MR) is 121 cm³/mol. The van der Waals surface area contributed by atoms with Crippen molar-refractivity contribution in [2.45, 2.75) is 45.3 Å². The Labute approximate surface area is 192 Å². The third-order valence-electron chi connectivity index (χ3n) is 5.25. The maximum atomic E-state index is 14.2. The maximum Gasteiger partial charge on any atom is 0.407 e. The van der Waals surface area contributed by atoms with E-state index in [0.717, 1.165) is 0 Å². The highest BCUT2D eigenvalue weighted by Gasteiger charge is 2.26. The molecule has 0 saturated carbocycles. The lowest BCUT2D eigenvalue weighted by Crippen LogP contribution is -2.46. The number of rotatable bonds is 5. The third-order valence-corrected chi connectivity index (χ3v) is 5.25. The summed E-state index contributed by atoms with van der Waals surface area (Å²) in [5.41, 5.74) is 0.195. The van der Waals surface area contributed by atoms with E-state index in [4.69, 9.17) is 14.7 Å². The van der Waals surface area contributed by atoms with Crippen molar-refractivity contribution in [3.63, 3.8) is 0 Å². The van der Waals surface area contributed by atoms with E-state index in [1.165, 1.54) is 19.2 Å². The highest BCUT2D eigenvalue weighted by atomic mass is 19.1. The molecule has 9 heteroatoms. The normalized spacial score (nSPS) is 14.4. The minimum absolute atomic E-state index is 0.0284. The SMILES string of the molecule is COc1cc(N2CCC(NC(=O)OC(C)(C)C)CC2)nc(-c2ccc(C#N)c(F)c2)c1C=O. The Hall–Kier alpha value is -3.67. The number of carbonyl (C=O) groups excluding carboxylic acids is 2. The van der Waals surface area contributed by atoms with E-state index in [-0.39, 0.29) is 22.9 Å². The highest BCUT2D eigenvalue weighted by molar-refractivity contribution is 5.90. The first-order chi connectivity index (χ1) is 15.6. The highest BCUT2D eigenvalue weighted by Crippen LogP contribution is 2.33. The number of ether oxygens (including phenoxy) is 2. The summed E-state index contributed by atoms with van der Waals surface area (Å²) in [6.45, 7) is 6.66. The summed E-state index contributed by atoms with van der Waals surface area (Å²) in [4.78, 5) is 30.5. The van der Waals surface area contributed by atoms with Crippen LogP contribution in [0.15, 0.2) is 24.3 Å². The molecule has 174 valence electrons. The Kier molecular flexibility index (Phi) is 7.16. The van der Waals surface area contributed by atoms with Gasteiger partial charge in [-0.3, -0.25) is 4.79 Å². The number of pyridine rings is 1. The molecule has 0 atom stereocenters. The summed E-state index contributed by atoms with van der Waals surface area (Å²) in [5.74, 6) is 0.212. The third kappa shape index (κ3) is 5.77. The molecular weight excluding hydrogens is 427 g/mol. The predicted octanol–water partition coefficient (Wildman–Crippen LogP) is 4.07. The summed E-state index contributed by atoms with van der Waals surface area (Å²) in [7, 11) is 1.45. The van der Waals surface area contributed by atoms with Gasteiger partial charge in [-0.1, -0.05) is 6.07 Å². The van der Waals surface area contributed by atoms with Gasteiger partial charge in [0.15, 0.2) is 6.29 Å². The number of methoxy groups -OCH3 is 1. The Morgan fingerprint density at radius 3 is 2.55 bits per heavy atom. The lowest BCUT2D eigenvalue weighted by molar-refractivity contribution is 0.0497. The van der Waals surface area contributed by atoms with Crippen LogP contribution < -0.4 is 15.0 Å². The molecule has 8 nitrogen and oxygen atoms in total. The molecule has 0 unspecified atom stereocenters. The van der Waals surface area contributed by atoms with Gasteiger partial charge >= 0.3 is 6.09 Å². The number of amides is 1. The van der Waals surface area contributed by atoms with Crippen molar-refractivity contribution in [2.24, 2.45) is 0 Å². The number of nitriles is 1. The van der Waals surface area contributed by atoms with E-state index in [1.54, 1.807) is 18.2 Å². The van der Waals surface area contributed by atoms with Crippen LogP contribution in [0.3, 0.4) is 0 Å². The van der Waals surface area contributed by atoms with Gasteiger partial charge in [0.1, 0.15) is 29.1 Å². The topological polar surface area (TPSA) is 105 Å². The standard InChI is InChI=1S/C24H27FN4O4/c1-24(2,3)33-23(31)27-17-7-9-29(10-8-17)21-12-20(32-4)18(14-30)22(28-21)15-5-6-16(13-26)19(25)11-15/h5-6,11-12,14,17H,7-10H2,1-4H3,(H,27,31). The van der Waals surface area contributed by atoms with Crippen LogP contribution in [0.2, 0.25) is 0 Å². The van der Waals surface area contributed by atoms with Crippen LogP contribution in [-0.2, 0) is 4.74 Å². The Morgan fingerprint density at radius 2 is 2.00 bits per heavy atom. The number of benzene rings is 1. The van der Waals surface area contributed by atoms with Crippen molar-refractivity contribution >= 4 is 18.2 Å². The average molecular weight is 455 g/mol. The Bertz CT molecular complexity index is 1080. The van der Waals surface area contributed by atoms with Gasteiger partial charge in [-0.25, -0.2) is 14.2 Å². The monoisotopic (exact) mass is 454 g/mol. The smallest absolute Gasteiger partial charge is 0.407 e. The zero-order valence-electron chi connectivity index (χ0n) is 19.1. The van der Waals surface area contributed by atoms with Crippen LogP contribution in [0, 0.1) is 17.1 Å². The second-order valence-electron chi connectivity index (χ2n) is 8.78. The van der Waals surface area contributed by atoms with Crippen LogP contribution >= 0.6 is 0 Å². The lowest BCUT2D eigenvalue weighted by atomic mass is 10.0. The second kappa shape index (κ2) is 9.86. The fraction of sp³-hybridized carbons (Fsp3) is 0.417. The first-order valence-electron chi connectivity index (χ1n) is 10.6. The van der Waals surface area contributed by atoms with E-state index >= 15 is 0 Å². The van der Waals surface area contributed by atoms with Gasteiger partial charge in [0, 0.05) is 30.8 Å². The second-order valence-corrected chi connectivity index (χ2v) is 8.78. The first-order valence-corrected chi connectivity index (χ1v) is 10.6. The number of nitrogens with one attached hydrogen (secondary N) is 1. The van der Waals surface area contributed by atoms with Crippen LogP contribution in [0.5, 0.6) is 5.75 Å². The van der Waals surface area contributed by atoms with E-state index in [9.17, 15) is 14.0 Å². The van der Waals surface area contributed by atoms with E-state index in [2.05, 4.69) is 10.3 Å². The summed E-state index contributed by atoms with van der Waals surface area (Å²) >= 11 is 0. The van der Waals surface area contributed by atoms with Crippen molar-refractivity contribution in [2.75, 3.05) is 25.1 Å². The summed E-state index contributed by atoms with van der Waals surface area (Å²) in [5, 5.41) is 11.9. The molecule has 1 aromatic carbocycles. The molecule has 0 aliphatic carbocycles. The van der Waals surface area contributed by atoms with Crippen molar-refractivity contribution in [1.82, 2.24) is 10.3 Å². The minimum Gasteiger partial charge on any atom is -0.496 e. The molecule has 1 aliphatic rings. The number of piperidine rings is 1. The van der Waals surface area contributed by atoms with Gasteiger partial charge in [0.25, 0.3) is 0 Å². The number of alkyl carbamates (subject to hydrolysis) is 1. The van der Waals surface area contributed by atoms with E-state index in [1.807, 2.05) is 25.7 Å². The molecule has 1 fully saturated rings. The lowest BCUT2D eigenvalue weighted by Gasteiger charge is -2.34. The fourth-order valence-electron chi connectivity index (χ4n) is 3.66. The van der Waals surface area contributed by atoms with Crippen LogP contribution in [0.25, 0.3) is 11.3 Å². The molecule has 2 aromatic rings. The van der Waals surface area contributed by atoms with Gasteiger partial charge in [-0.05, 0) is 45.7 Å². The quantitative estimate of drug-likeness (QED) is 0.679. The number of halogens is 1. The maximum absolute atomic E-state index is 14.2. The number of hydrogen-bond donors (Lipinski definition) is 1. The van der Waals surface area contributed by atoms with Crippen molar-refractivity contribution in [3.05, 3.63) is 41.2 Å². The molecule has 0 radical (unpaired) electrons. The number of aromatic nitrogens is 1. The average Bonchev–Trinajstić information content (AvgIpc) is 2.77. The summed E-state index contributed by atoms with van der Waals surface area (Å²) < 4.78 is 25.0. The number of anilines is 1. The Morgan fingerprint density at radius 1 is 1.30 bits per heavy atom. The van der Waals surface area contributed by atoms with Crippen LogP contribution in [0.1, 0.15) is 49.5 Å². The number of aldehydes is 1. The fourth-order valence-corrected chi connectivity index (χ4v) is 3.66. The zero-order chi connectivity index (χ0) is 24.2. The molecule has 1 N–H and O–H groups in total. The summed E-state index contributed by atoms with van der Waals surface area (Å²) in [6.07, 6.45) is 1.54.